The first-order valence-corrected chi connectivity index (χ1v) is 11.8. The van der Waals surface area contributed by atoms with Crippen LogP contribution in [0.1, 0.15) is 24.2 Å². The summed E-state index contributed by atoms with van der Waals surface area (Å²) in [5.74, 6) is 0.552. The minimum atomic E-state index is -0.387. The fourth-order valence-electron chi connectivity index (χ4n) is 4.04. The van der Waals surface area contributed by atoms with Gasteiger partial charge in [0.25, 0.3) is 5.91 Å². The van der Waals surface area contributed by atoms with Gasteiger partial charge in [-0.05, 0) is 44.8 Å². The second kappa shape index (κ2) is 11.5. The molecule has 35 heavy (non-hydrogen) atoms. The van der Waals surface area contributed by atoms with Crippen LogP contribution < -0.4 is 9.47 Å². The second-order valence-corrected chi connectivity index (χ2v) is 9.44. The number of hydrogen-bond acceptors (Lipinski definition) is 7. The molecule has 0 unspecified atom stereocenters. The van der Waals surface area contributed by atoms with Crippen LogP contribution in [-0.2, 0) is 4.79 Å². The Morgan fingerprint density at radius 3 is 2.69 bits per heavy atom. The lowest BCUT2D eigenvalue weighted by atomic mass is 9.99. The highest BCUT2D eigenvalue weighted by molar-refractivity contribution is 5.98. The third-order valence-corrected chi connectivity index (χ3v) is 6.26. The maximum Gasteiger partial charge on any atom is 0.259 e. The summed E-state index contributed by atoms with van der Waals surface area (Å²) in [7, 11) is 7.05. The van der Waals surface area contributed by atoms with Crippen LogP contribution in [0.4, 0.5) is 0 Å². The number of aliphatic hydroxyl groups excluding tert-OH is 1. The molecule has 1 aromatic carbocycles. The Morgan fingerprint density at radius 1 is 1.29 bits per heavy atom. The Morgan fingerprint density at radius 2 is 2.03 bits per heavy atom. The van der Waals surface area contributed by atoms with Gasteiger partial charge in [-0.25, -0.2) is 4.98 Å². The Labute approximate surface area is 207 Å². The number of pyridine rings is 1. The predicted molar refractivity (Wildman–Crippen MR) is 134 cm³/mol. The molecular weight excluding hydrogens is 448 g/mol. The maximum absolute atomic E-state index is 13.6. The molecule has 2 amide bonds. The molecular formula is C26H36N4O5. The second-order valence-electron chi connectivity index (χ2n) is 9.44. The number of likely N-dealkylation sites (N-methyl/N-ethyl adjacent to an activating group) is 2. The van der Waals surface area contributed by atoms with E-state index in [0.29, 0.717) is 30.9 Å². The molecule has 190 valence electrons. The third-order valence-electron chi connectivity index (χ3n) is 6.26. The van der Waals surface area contributed by atoms with Crippen molar-refractivity contribution in [1.29, 1.82) is 0 Å². The van der Waals surface area contributed by atoms with Gasteiger partial charge in [0.05, 0.1) is 32.8 Å². The molecule has 0 aliphatic carbocycles. The average molecular weight is 485 g/mol. The maximum atomic E-state index is 13.6. The van der Waals surface area contributed by atoms with Crippen LogP contribution >= 0.6 is 0 Å². The third kappa shape index (κ3) is 6.29. The largest absolute Gasteiger partial charge is 0.497 e. The van der Waals surface area contributed by atoms with E-state index in [1.165, 1.54) is 0 Å². The fourth-order valence-corrected chi connectivity index (χ4v) is 4.04. The number of aliphatic hydroxyl groups is 1. The number of carbonyl (C=O) groups excluding carboxylic acids is 2. The Kier molecular flexibility index (Phi) is 8.69. The van der Waals surface area contributed by atoms with Gasteiger partial charge in [-0.3, -0.25) is 9.59 Å². The number of amides is 2. The van der Waals surface area contributed by atoms with Crippen molar-refractivity contribution in [3.05, 3.63) is 42.1 Å². The minimum absolute atomic E-state index is 0.0222. The molecule has 0 spiro atoms. The van der Waals surface area contributed by atoms with Gasteiger partial charge in [-0.2, -0.15) is 0 Å². The van der Waals surface area contributed by atoms with Gasteiger partial charge in [0.1, 0.15) is 17.4 Å². The summed E-state index contributed by atoms with van der Waals surface area (Å²) in [6.07, 6.45) is 1.28. The molecule has 1 aliphatic rings. The van der Waals surface area contributed by atoms with E-state index in [9.17, 15) is 14.7 Å². The van der Waals surface area contributed by atoms with Gasteiger partial charge in [-0.15, -0.1) is 0 Å². The van der Waals surface area contributed by atoms with Gasteiger partial charge in [0, 0.05) is 31.3 Å². The van der Waals surface area contributed by atoms with Crippen molar-refractivity contribution in [2.45, 2.75) is 26.0 Å². The Hall–Kier alpha value is -3.17. The number of nitrogens with zero attached hydrogens (tertiary/aromatic N) is 4. The summed E-state index contributed by atoms with van der Waals surface area (Å²) in [5, 5.41) is 9.85. The lowest BCUT2D eigenvalue weighted by Gasteiger charge is -2.37. The monoisotopic (exact) mass is 484 g/mol. The van der Waals surface area contributed by atoms with Crippen molar-refractivity contribution in [1.82, 2.24) is 19.7 Å². The predicted octanol–water partition coefficient (Wildman–Crippen LogP) is 2.00. The number of benzene rings is 1. The number of carbonyl (C=O) groups is 2. The van der Waals surface area contributed by atoms with Crippen molar-refractivity contribution in [2.24, 2.45) is 5.92 Å². The van der Waals surface area contributed by atoms with Gasteiger partial charge in [0.2, 0.25) is 11.8 Å². The van der Waals surface area contributed by atoms with Gasteiger partial charge < -0.3 is 29.3 Å². The number of fused-ring (bicyclic) bond motifs is 1. The summed E-state index contributed by atoms with van der Waals surface area (Å²) in [5.41, 5.74) is 1.93. The van der Waals surface area contributed by atoms with E-state index in [-0.39, 0.29) is 42.4 Å². The van der Waals surface area contributed by atoms with Crippen molar-refractivity contribution in [3.63, 3.8) is 0 Å². The molecule has 2 aromatic rings. The van der Waals surface area contributed by atoms with Crippen molar-refractivity contribution in [3.8, 4) is 22.8 Å². The van der Waals surface area contributed by atoms with E-state index < -0.39 is 0 Å². The van der Waals surface area contributed by atoms with Gasteiger partial charge >= 0.3 is 0 Å². The Balaban J connectivity index is 2.00. The first-order chi connectivity index (χ1) is 16.6. The number of ether oxygens (including phenoxy) is 2. The number of methoxy groups -OCH3 is 1. The summed E-state index contributed by atoms with van der Waals surface area (Å²) in [6, 6.07) is 8.91. The van der Waals surface area contributed by atoms with Crippen LogP contribution in [0.3, 0.4) is 0 Å². The summed E-state index contributed by atoms with van der Waals surface area (Å²) >= 11 is 0. The van der Waals surface area contributed by atoms with E-state index in [0.717, 1.165) is 11.1 Å². The zero-order valence-corrected chi connectivity index (χ0v) is 21.4. The van der Waals surface area contributed by atoms with Crippen molar-refractivity contribution in [2.75, 3.05) is 54.5 Å². The molecule has 0 fully saturated rings. The van der Waals surface area contributed by atoms with Crippen molar-refractivity contribution < 1.29 is 24.2 Å². The highest BCUT2D eigenvalue weighted by Crippen LogP contribution is 2.31. The zero-order valence-electron chi connectivity index (χ0n) is 21.4. The molecule has 9 nitrogen and oxygen atoms in total. The SMILES string of the molecule is COc1cccc(-c2cnc3c(c2)C(=O)N([C@@H](C)CO)C[C@@H](C)[C@H](CN(C)C(=O)CN(C)C)O3)c1. The molecule has 1 aliphatic heterocycles. The first kappa shape index (κ1) is 26.4. The summed E-state index contributed by atoms with van der Waals surface area (Å²) < 4.78 is 11.6. The molecule has 3 atom stereocenters. The topological polar surface area (TPSA) is 95.4 Å². The highest BCUT2D eigenvalue weighted by Gasteiger charge is 2.34. The number of aromatic nitrogens is 1. The van der Waals surface area contributed by atoms with E-state index in [4.69, 9.17) is 9.47 Å². The highest BCUT2D eigenvalue weighted by atomic mass is 16.5. The van der Waals surface area contributed by atoms with Crippen LogP contribution in [0.2, 0.25) is 0 Å². The molecule has 0 radical (unpaired) electrons. The lowest BCUT2D eigenvalue weighted by molar-refractivity contribution is -0.132. The minimum Gasteiger partial charge on any atom is -0.497 e. The fraction of sp³-hybridized carbons (Fsp3) is 0.500. The smallest absolute Gasteiger partial charge is 0.259 e. The van der Waals surface area contributed by atoms with Crippen LogP contribution in [0, 0.1) is 5.92 Å². The van der Waals surface area contributed by atoms with E-state index in [1.807, 2.05) is 57.1 Å². The van der Waals surface area contributed by atoms with Gasteiger partial charge in [-0.1, -0.05) is 19.1 Å². The number of rotatable bonds is 8. The molecule has 1 aromatic heterocycles. The van der Waals surface area contributed by atoms with Crippen LogP contribution in [0.15, 0.2) is 36.5 Å². The summed E-state index contributed by atoms with van der Waals surface area (Å²) in [6.45, 7) is 4.65. The van der Waals surface area contributed by atoms with Crippen LogP contribution in [0.5, 0.6) is 11.6 Å². The lowest BCUT2D eigenvalue weighted by Crippen LogP contribution is -2.51. The van der Waals surface area contributed by atoms with Crippen molar-refractivity contribution >= 4 is 11.8 Å². The molecule has 2 heterocycles. The van der Waals surface area contributed by atoms with Gasteiger partial charge in [0.15, 0.2) is 0 Å². The quantitative estimate of drug-likeness (QED) is 0.612. The number of hydrogen-bond donors (Lipinski definition) is 1. The molecule has 9 heteroatoms. The molecule has 3 rings (SSSR count). The molecule has 1 N–H and O–H groups in total. The standard InChI is InChI=1S/C26H36N4O5/c1-17-13-30(18(2)16-31)26(33)22-11-20(19-8-7-9-21(10-19)34-6)12-27-25(22)35-23(17)14-29(5)24(32)15-28(3)4/h7-12,17-18,23,31H,13-16H2,1-6H3/t17-,18+,23+/m1/s1. The van der Waals surface area contributed by atoms with Crippen LogP contribution in [0.25, 0.3) is 11.1 Å². The van der Waals surface area contributed by atoms with E-state index in [1.54, 1.807) is 36.2 Å². The Bertz CT molecular complexity index is 1040. The molecule has 0 bridgehead atoms. The van der Waals surface area contributed by atoms with E-state index in [2.05, 4.69) is 4.98 Å². The van der Waals surface area contributed by atoms with Crippen LogP contribution in [-0.4, -0.2) is 103 Å². The first-order valence-electron chi connectivity index (χ1n) is 11.8. The zero-order chi connectivity index (χ0) is 25.7. The normalized spacial score (nSPS) is 18.9. The van der Waals surface area contributed by atoms with E-state index >= 15 is 0 Å². The molecule has 0 saturated carbocycles. The summed E-state index contributed by atoms with van der Waals surface area (Å²) in [4.78, 5) is 35.8. The average Bonchev–Trinajstić information content (AvgIpc) is 2.84. The molecule has 0 saturated heterocycles.